The Bertz CT molecular complexity index is 1160. The normalized spacial score (nSPS) is 11.0. The first-order valence-corrected chi connectivity index (χ1v) is 9.15. The number of para-hydroxylation sites is 2. The summed E-state index contributed by atoms with van der Waals surface area (Å²) >= 11 is 0. The van der Waals surface area contributed by atoms with E-state index in [2.05, 4.69) is 15.6 Å². The summed E-state index contributed by atoms with van der Waals surface area (Å²) in [5.74, 6) is -0.237. The maximum Gasteiger partial charge on any atom is 0.297 e. The number of amides is 1. The van der Waals surface area contributed by atoms with Gasteiger partial charge in [0.05, 0.1) is 6.33 Å². The highest BCUT2D eigenvalue weighted by atomic mass is 16.3. The third-order valence-corrected chi connectivity index (χ3v) is 4.44. The fraction of sp³-hybridized carbons (Fsp3) is 0.190. The van der Waals surface area contributed by atoms with Crippen molar-refractivity contribution in [3.05, 3.63) is 71.3 Å². The van der Waals surface area contributed by atoms with Gasteiger partial charge in [-0.3, -0.25) is 14.2 Å². The van der Waals surface area contributed by atoms with E-state index in [0.717, 1.165) is 24.0 Å². The number of fused-ring (bicyclic) bond motifs is 3. The third kappa shape index (κ3) is 3.73. The van der Waals surface area contributed by atoms with E-state index in [0.29, 0.717) is 17.6 Å². The molecule has 7 nitrogen and oxygen atoms in total. The summed E-state index contributed by atoms with van der Waals surface area (Å²) in [6.45, 7) is 1.18. The lowest BCUT2D eigenvalue weighted by molar-refractivity contribution is -0.121. The van der Waals surface area contributed by atoms with Gasteiger partial charge in [0.1, 0.15) is 17.6 Å². The van der Waals surface area contributed by atoms with Crippen LogP contribution in [-0.4, -0.2) is 28.5 Å². The number of benzene rings is 2. The molecule has 0 bridgehead atoms. The Labute approximate surface area is 161 Å². The molecule has 2 heterocycles. The van der Waals surface area contributed by atoms with Crippen LogP contribution in [0.4, 0.5) is 5.69 Å². The number of nitrogens with zero attached hydrogens (tertiary/aromatic N) is 2. The highest BCUT2D eigenvalue weighted by Gasteiger charge is 2.14. The van der Waals surface area contributed by atoms with Gasteiger partial charge in [-0.25, -0.2) is 4.98 Å². The number of hydrogen-bond donors (Lipinski definition) is 2. The van der Waals surface area contributed by atoms with E-state index in [9.17, 15) is 9.59 Å². The summed E-state index contributed by atoms with van der Waals surface area (Å²) in [5, 5.41) is 6.89. The average molecular weight is 376 g/mol. The Kier molecular flexibility index (Phi) is 5.05. The number of hydrogen-bond acceptors (Lipinski definition) is 5. The summed E-state index contributed by atoms with van der Waals surface area (Å²) < 4.78 is 6.89. The van der Waals surface area contributed by atoms with E-state index < -0.39 is 0 Å². The lowest BCUT2D eigenvalue weighted by atomic mass is 10.2. The Morgan fingerprint density at radius 3 is 2.68 bits per heavy atom. The summed E-state index contributed by atoms with van der Waals surface area (Å²) in [6.07, 6.45) is 2.17. The molecule has 1 amide bonds. The van der Waals surface area contributed by atoms with Crippen LogP contribution >= 0.6 is 0 Å². The molecule has 2 aromatic heterocycles. The van der Waals surface area contributed by atoms with Crippen molar-refractivity contribution in [1.29, 1.82) is 0 Å². The van der Waals surface area contributed by atoms with Gasteiger partial charge in [-0.15, -0.1) is 0 Å². The molecule has 0 aliphatic rings. The van der Waals surface area contributed by atoms with Crippen molar-refractivity contribution >= 4 is 33.7 Å². The highest BCUT2D eigenvalue weighted by molar-refractivity contribution is 6.01. The quantitative estimate of drug-likeness (QED) is 0.484. The van der Waals surface area contributed by atoms with E-state index in [4.69, 9.17) is 4.42 Å². The van der Waals surface area contributed by atoms with E-state index in [1.54, 1.807) is 6.07 Å². The number of nitrogens with one attached hydrogen (secondary N) is 2. The smallest absolute Gasteiger partial charge is 0.297 e. The van der Waals surface area contributed by atoms with Crippen LogP contribution in [0.3, 0.4) is 0 Å². The van der Waals surface area contributed by atoms with E-state index >= 15 is 0 Å². The number of carbonyl (C=O) groups excluding carboxylic acids is 1. The molecule has 0 aliphatic heterocycles. The molecule has 0 aliphatic carbocycles. The van der Waals surface area contributed by atoms with E-state index in [-0.39, 0.29) is 23.6 Å². The molecule has 0 unspecified atom stereocenters. The second-order valence-electron chi connectivity index (χ2n) is 6.45. The van der Waals surface area contributed by atoms with Crippen LogP contribution in [0.2, 0.25) is 0 Å². The molecule has 0 atom stereocenters. The van der Waals surface area contributed by atoms with Gasteiger partial charge in [0.25, 0.3) is 5.56 Å². The molecule has 142 valence electrons. The Morgan fingerprint density at radius 2 is 1.82 bits per heavy atom. The van der Waals surface area contributed by atoms with Gasteiger partial charge in [-0.05, 0) is 30.7 Å². The lowest BCUT2D eigenvalue weighted by Crippen LogP contribution is -2.33. The standard InChI is InChI=1S/C21H20N4O3/c26-18(23-12-6-11-22-15-7-2-1-3-8-15)13-25-14-24-19-16-9-4-5-10-17(16)28-20(19)21(25)27/h1-5,7-10,14,22H,6,11-13H2,(H,23,26). The molecule has 7 heteroatoms. The molecule has 28 heavy (non-hydrogen) atoms. The largest absolute Gasteiger partial charge is 0.448 e. The summed E-state index contributed by atoms with van der Waals surface area (Å²) in [4.78, 5) is 29.1. The van der Waals surface area contributed by atoms with Gasteiger partial charge in [0, 0.05) is 24.2 Å². The Balaban J connectivity index is 1.34. The predicted molar refractivity (Wildman–Crippen MR) is 108 cm³/mol. The van der Waals surface area contributed by atoms with Crippen molar-refractivity contribution in [2.45, 2.75) is 13.0 Å². The van der Waals surface area contributed by atoms with Gasteiger partial charge < -0.3 is 15.1 Å². The molecule has 0 radical (unpaired) electrons. The molecule has 0 fully saturated rings. The van der Waals surface area contributed by atoms with Crippen molar-refractivity contribution in [2.75, 3.05) is 18.4 Å². The molecular weight excluding hydrogens is 356 g/mol. The Morgan fingerprint density at radius 1 is 1.04 bits per heavy atom. The van der Waals surface area contributed by atoms with Crippen molar-refractivity contribution in [3.8, 4) is 0 Å². The number of anilines is 1. The number of furan rings is 1. The Hall–Kier alpha value is -3.61. The molecule has 4 rings (SSSR count). The zero-order valence-electron chi connectivity index (χ0n) is 15.2. The number of carbonyl (C=O) groups is 1. The number of rotatable bonds is 7. The van der Waals surface area contributed by atoms with Crippen LogP contribution < -0.4 is 16.2 Å². The van der Waals surface area contributed by atoms with Crippen molar-refractivity contribution in [1.82, 2.24) is 14.9 Å². The minimum Gasteiger partial charge on any atom is -0.448 e. The molecule has 0 saturated heterocycles. The van der Waals surface area contributed by atoms with Crippen LogP contribution in [0, 0.1) is 0 Å². The van der Waals surface area contributed by atoms with E-state index in [1.807, 2.05) is 48.5 Å². The second kappa shape index (κ2) is 7.96. The molecular formula is C21H20N4O3. The van der Waals surface area contributed by atoms with Crippen molar-refractivity contribution in [2.24, 2.45) is 0 Å². The first kappa shape index (κ1) is 17.8. The summed E-state index contributed by atoms with van der Waals surface area (Å²) in [6, 6.07) is 17.2. The highest BCUT2D eigenvalue weighted by Crippen LogP contribution is 2.23. The van der Waals surface area contributed by atoms with Crippen LogP contribution in [0.25, 0.3) is 22.1 Å². The zero-order chi connectivity index (χ0) is 19.3. The van der Waals surface area contributed by atoms with Crippen LogP contribution in [0.5, 0.6) is 0 Å². The minimum atomic E-state index is -0.359. The number of aromatic nitrogens is 2. The summed E-state index contributed by atoms with van der Waals surface area (Å²) in [5.41, 5.74) is 1.98. The topological polar surface area (TPSA) is 89.2 Å². The zero-order valence-corrected chi connectivity index (χ0v) is 15.2. The monoisotopic (exact) mass is 376 g/mol. The maximum absolute atomic E-state index is 12.6. The summed E-state index contributed by atoms with van der Waals surface area (Å²) in [7, 11) is 0. The van der Waals surface area contributed by atoms with Crippen LogP contribution in [-0.2, 0) is 11.3 Å². The van der Waals surface area contributed by atoms with Crippen molar-refractivity contribution < 1.29 is 9.21 Å². The minimum absolute atomic E-state index is 0.0923. The van der Waals surface area contributed by atoms with Gasteiger partial charge in [0.2, 0.25) is 11.5 Å². The fourth-order valence-corrected chi connectivity index (χ4v) is 3.04. The fourth-order valence-electron chi connectivity index (χ4n) is 3.04. The average Bonchev–Trinajstić information content (AvgIpc) is 3.10. The second-order valence-corrected chi connectivity index (χ2v) is 6.45. The first-order chi connectivity index (χ1) is 13.7. The van der Waals surface area contributed by atoms with Crippen molar-refractivity contribution in [3.63, 3.8) is 0 Å². The third-order valence-electron chi connectivity index (χ3n) is 4.44. The van der Waals surface area contributed by atoms with Gasteiger partial charge in [0.15, 0.2) is 0 Å². The maximum atomic E-state index is 12.6. The predicted octanol–water partition coefficient (Wildman–Crippen LogP) is 2.76. The lowest BCUT2D eigenvalue weighted by Gasteiger charge is -2.08. The first-order valence-electron chi connectivity index (χ1n) is 9.15. The molecule has 0 saturated carbocycles. The van der Waals surface area contributed by atoms with E-state index in [1.165, 1.54) is 10.9 Å². The molecule has 2 aromatic carbocycles. The van der Waals surface area contributed by atoms with Gasteiger partial charge in [-0.1, -0.05) is 30.3 Å². The van der Waals surface area contributed by atoms with Gasteiger partial charge >= 0.3 is 0 Å². The van der Waals surface area contributed by atoms with Crippen LogP contribution in [0.15, 0.2) is 70.1 Å². The molecule has 2 N–H and O–H groups in total. The van der Waals surface area contributed by atoms with Gasteiger partial charge in [-0.2, -0.15) is 0 Å². The SMILES string of the molecule is O=C(Cn1cnc2c(oc3ccccc32)c1=O)NCCCNc1ccccc1. The molecule has 4 aromatic rings. The van der Waals surface area contributed by atoms with Crippen LogP contribution in [0.1, 0.15) is 6.42 Å². The molecule has 0 spiro atoms.